The van der Waals surface area contributed by atoms with Crippen molar-refractivity contribution >= 4 is 11.7 Å². The summed E-state index contributed by atoms with van der Waals surface area (Å²) in [4.78, 5) is 23.8. The van der Waals surface area contributed by atoms with Crippen LogP contribution in [0.3, 0.4) is 0 Å². The van der Waals surface area contributed by atoms with Crippen LogP contribution in [0.1, 0.15) is 17.0 Å². The van der Waals surface area contributed by atoms with E-state index in [9.17, 15) is 4.79 Å². The molecule has 0 unspecified atom stereocenters. The number of imidazole rings is 1. The fraction of sp³-hybridized carbons (Fsp3) is 0.412. The fourth-order valence-electron chi connectivity index (χ4n) is 2.96. The van der Waals surface area contributed by atoms with E-state index >= 15 is 0 Å². The van der Waals surface area contributed by atoms with Crippen LogP contribution in [0, 0.1) is 0 Å². The second-order valence-electron chi connectivity index (χ2n) is 6.04. The van der Waals surface area contributed by atoms with Crippen LogP contribution in [0.5, 0.6) is 0 Å². The molecule has 122 valence electrons. The first-order valence-corrected chi connectivity index (χ1v) is 7.67. The molecule has 2 heterocycles. The third kappa shape index (κ3) is 3.22. The van der Waals surface area contributed by atoms with Gasteiger partial charge in [-0.2, -0.15) is 0 Å². The molecule has 1 N–H and O–H groups in total. The van der Waals surface area contributed by atoms with Crippen molar-refractivity contribution in [3.63, 3.8) is 0 Å². The quantitative estimate of drug-likeness (QED) is 0.868. The van der Waals surface area contributed by atoms with Gasteiger partial charge in [-0.05, 0) is 17.7 Å². The molecule has 2 aromatic rings. The molecule has 6 nitrogen and oxygen atoms in total. The van der Waals surface area contributed by atoms with Crippen LogP contribution < -0.4 is 4.90 Å². The summed E-state index contributed by atoms with van der Waals surface area (Å²) in [5, 5.41) is 0. The van der Waals surface area contributed by atoms with Crippen LogP contribution in [0.15, 0.2) is 30.6 Å². The topological polar surface area (TPSA) is 61.5 Å². The van der Waals surface area contributed by atoms with E-state index in [2.05, 4.69) is 44.0 Å². The standard InChI is InChI=1S/C17H22N4O2/c1-20(2)13-6-4-12(5-7-13)9-21-10-15-14(18-11-19-15)8-16(21)17(22)23-3/h4-7,11,16H,8-10H2,1-3H3,(H,18,19)/t16-/m0/s1. The van der Waals surface area contributed by atoms with E-state index in [0.29, 0.717) is 19.5 Å². The average molecular weight is 314 g/mol. The molecule has 23 heavy (non-hydrogen) atoms. The van der Waals surface area contributed by atoms with Gasteiger partial charge in [0.05, 0.1) is 24.8 Å². The minimum atomic E-state index is -0.288. The Morgan fingerprint density at radius 2 is 2.13 bits per heavy atom. The lowest BCUT2D eigenvalue weighted by Gasteiger charge is -2.33. The SMILES string of the molecule is COC(=O)[C@@H]1Cc2nc[nH]c2CN1Cc1ccc(N(C)C)cc1. The lowest BCUT2D eigenvalue weighted by molar-refractivity contribution is -0.148. The molecule has 0 amide bonds. The number of nitrogens with zero attached hydrogens (tertiary/aromatic N) is 3. The summed E-state index contributed by atoms with van der Waals surface area (Å²) >= 11 is 0. The number of nitrogens with one attached hydrogen (secondary N) is 1. The van der Waals surface area contributed by atoms with Crippen molar-refractivity contribution in [2.45, 2.75) is 25.6 Å². The highest BCUT2D eigenvalue weighted by atomic mass is 16.5. The van der Waals surface area contributed by atoms with Crippen molar-refractivity contribution in [3.05, 3.63) is 47.5 Å². The van der Waals surface area contributed by atoms with Crippen LogP contribution in [0.4, 0.5) is 5.69 Å². The summed E-state index contributed by atoms with van der Waals surface area (Å²) < 4.78 is 4.97. The number of anilines is 1. The minimum Gasteiger partial charge on any atom is -0.468 e. The number of benzene rings is 1. The number of ether oxygens (including phenoxy) is 1. The summed E-state index contributed by atoms with van der Waals surface area (Å²) in [6.45, 7) is 1.37. The van der Waals surface area contributed by atoms with Gasteiger partial charge in [-0.15, -0.1) is 0 Å². The molecule has 1 atom stereocenters. The predicted molar refractivity (Wildman–Crippen MR) is 88.1 cm³/mol. The molecule has 0 fully saturated rings. The van der Waals surface area contributed by atoms with Gasteiger partial charge in [0.15, 0.2) is 0 Å². The van der Waals surface area contributed by atoms with E-state index in [1.807, 2.05) is 14.1 Å². The maximum absolute atomic E-state index is 12.1. The molecule has 0 bridgehead atoms. The molecule has 1 aliphatic heterocycles. The van der Waals surface area contributed by atoms with Gasteiger partial charge in [-0.1, -0.05) is 12.1 Å². The predicted octanol–water partition coefficient (Wildman–Crippen LogP) is 1.58. The number of H-pyrrole nitrogens is 1. The first-order valence-electron chi connectivity index (χ1n) is 7.67. The zero-order valence-electron chi connectivity index (χ0n) is 13.7. The molecule has 6 heteroatoms. The lowest BCUT2D eigenvalue weighted by atomic mass is 10.0. The Kier molecular flexibility index (Phi) is 4.34. The van der Waals surface area contributed by atoms with Gasteiger partial charge in [0.2, 0.25) is 0 Å². The molecule has 0 saturated carbocycles. The van der Waals surface area contributed by atoms with Gasteiger partial charge in [-0.3, -0.25) is 9.69 Å². The number of esters is 1. The van der Waals surface area contributed by atoms with Gasteiger partial charge in [-0.25, -0.2) is 4.98 Å². The molecule has 0 spiro atoms. The average Bonchev–Trinajstić information content (AvgIpc) is 3.01. The van der Waals surface area contributed by atoms with E-state index in [4.69, 9.17) is 4.74 Å². The Bertz CT molecular complexity index is 678. The Labute approximate surface area is 136 Å². The number of carbonyl (C=O) groups is 1. The number of aromatic amines is 1. The number of carbonyl (C=O) groups excluding carboxylic acids is 1. The molecule has 0 saturated heterocycles. The van der Waals surface area contributed by atoms with E-state index in [-0.39, 0.29) is 12.0 Å². The van der Waals surface area contributed by atoms with Crippen LogP contribution in [0.25, 0.3) is 0 Å². The number of hydrogen-bond acceptors (Lipinski definition) is 5. The Hall–Kier alpha value is -2.34. The van der Waals surface area contributed by atoms with Gasteiger partial charge in [0.1, 0.15) is 6.04 Å². The summed E-state index contributed by atoms with van der Waals surface area (Å²) in [5.41, 5.74) is 4.37. The first-order chi connectivity index (χ1) is 11.1. The van der Waals surface area contributed by atoms with Gasteiger partial charge in [0.25, 0.3) is 0 Å². The Morgan fingerprint density at radius 3 is 2.78 bits per heavy atom. The summed E-state index contributed by atoms with van der Waals surface area (Å²) in [6.07, 6.45) is 2.27. The molecule has 0 radical (unpaired) electrons. The Morgan fingerprint density at radius 1 is 1.39 bits per heavy atom. The highest BCUT2D eigenvalue weighted by Gasteiger charge is 2.33. The molecule has 1 aromatic heterocycles. The summed E-state index contributed by atoms with van der Waals surface area (Å²) in [7, 11) is 5.48. The second kappa shape index (κ2) is 6.42. The van der Waals surface area contributed by atoms with Gasteiger partial charge in [0, 0.05) is 39.3 Å². The molecule has 1 aromatic carbocycles. The zero-order valence-corrected chi connectivity index (χ0v) is 13.7. The zero-order chi connectivity index (χ0) is 16.4. The maximum atomic E-state index is 12.1. The molecular formula is C17H22N4O2. The van der Waals surface area contributed by atoms with E-state index in [1.54, 1.807) is 6.33 Å². The smallest absolute Gasteiger partial charge is 0.323 e. The third-order valence-electron chi connectivity index (χ3n) is 4.31. The summed E-state index contributed by atoms with van der Waals surface area (Å²) in [5.74, 6) is -0.205. The van der Waals surface area contributed by atoms with Crippen molar-refractivity contribution in [2.75, 3.05) is 26.1 Å². The first kappa shape index (κ1) is 15.6. The maximum Gasteiger partial charge on any atom is 0.323 e. The van der Waals surface area contributed by atoms with E-state index in [0.717, 1.165) is 17.1 Å². The van der Waals surface area contributed by atoms with Gasteiger partial charge < -0.3 is 14.6 Å². The van der Waals surface area contributed by atoms with Crippen molar-refractivity contribution in [2.24, 2.45) is 0 Å². The fourth-order valence-corrected chi connectivity index (χ4v) is 2.96. The summed E-state index contributed by atoms with van der Waals surface area (Å²) in [6, 6.07) is 8.10. The van der Waals surface area contributed by atoms with Crippen LogP contribution >= 0.6 is 0 Å². The molecule has 3 rings (SSSR count). The van der Waals surface area contributed by atoms with Gasteiger partial charge >= 0.3 is 5.97 Å². The second-order valence-corrected chi connectivity index (χ2v) is 6.04. The minimum absolute atomic E-state index is 0.205. The highest BCUT2D eigenvalue weighted by Crippen LogP contribution is 2.24. The molecule has 1 aliphatic rings. The van der Waals surface area contributed by atoms with Crippen LogP contribution in [-0.2, 0) is 29.0 Å². The number of aromatic nitrogens is 2. The number of fused-ring (bicyclic) bond motifs is 1. The number of rotatable bonds is 4. The third-order valence-corrected chi connectivity index (χ3v) is 4.31. The Balaban J connectivity index is 1.80. The lowest BCUT2D eigenvalue weighted by Crippen LogP contribution is -2.45. The largest absolute Gasteiger partial charge is 0.468 e. The van der Waals surface area contributed by atoms with E-state index < -0.39 is 0 Å². The van der Waals surface area contributed by atoms with E-state index in [1.165, 1.54) is 12.7 Å². The molecular weight excluding hydrogens is 292 g/mol. The van der Waals surface area contributed by atoms with Crippen LogP contribution in [0.2, 0.25) is 0 Å². The van der Waals surface area contributed by atoms with Crippen molar-refractivity contribution in [3.8, 4) is 0 Å². The highest BCUT2D eigenvalue weighted by molar-refractivity contribution is 5.76. The number of hydrogen-bond donors (Lipinski definition) is 1. The number of methoxy groups -OCH3 is 1. The normalized spacial score (nSPS) is 17.6. The van der Waals surface area contributed by atoms with Crippen LogP contribution in [-0.4, -0.2) is 48.1 Å². The molecule has 0 aliphatic carbocycles. The van der Waals surface area contributed by atoms with Crippen molar-refractivity contribution in [1.82, 2.24) is 14.9 Å². The van der Waals surface area contributed by atoms with Crippen molar-refractivity contribution < 1.29 is 9.53 Å². The van der Waals surface area contributed by atoms with Crippen molar-refractivity contribution in [1.29, 1.82) is 0 Å². The monoisotopic (exact) mass is 314 g/mol.